The summed E-state index contributed by atoms with van der Waals surface area (Å²) in [5, 5.41) is 21.4. The Hall–Kier alpha value is -2.96. The zero-order valence-corrected chi connectivity index (χ0v) is 21.4. The Bertz CT molecular complexity index is 1110. The van der Waals surface area contributed by atoms with E-state index in [2.05, 4.69) is 9.97 Å². The number of imidazole rings is 1. The van der Waals surface area contributed by atoms with E-state index in [1.807, 2.05) is 26.8 Å². The lowest BCUT2D eigenvalue weighted by molar-refractivity contribution is -0.167. The maximum Gasteiger partial charge on any atom is 0.338 e. The number of aliphatic hydroxyl groups is 1. The number of cyclic esters (lactones) is 1. The molecule has 1 fully saturated rings. The largest absolute Gasteiger partial charge is 0.512 e. The highest BCUT2D eigenvalue weighted by atomic mass is 16.6. The van der Waals surface area contributed by atoms with Crippen molar-refractivity contribution in [1.29, 1.82) is 0 Å². The molecule has 1 saturated carbocycles. The highest BCUT2D eigenvalue weighted by molar-refractivity contribution is 5.90. The van der Waals surface area contributed by atoms with Crippen LogP contribution in [0.4, 0.5) is 0 Å². The predicted octanol–water partition coefficient (Wildman–Crippen LogP) is 5.42. The van der Waals surface area contributed by atoms with Crippen LogP contribution in [0.1, 0.15) is 80.7 Å². The number of esters is 1. The lowest BCUT2D eigenvalue weighted by Crippen LogP contribution is -2.46. The number of nitrogens with zero attached hydrogens (tertiary/aromatic N) is 1. The van der Waals surface area contributed by atoms with Crippen molar-refractivity contribution >= 4 is 5.97 Å². The number of benzene rings is 1. The predicted molar refractivity (Wildman–Crippen MR) is 134 cm³/mol. The minimum absolute atomic E-state index is 0.125. The van der Waals surface area contributed by atoms with E-state index in [-0.39, 0.29) is 23.8 Å². The smallest absolute Gasteiger partial charge is 0.338 e. The van der Waals surface area contributed by atoms with Crippen molar-refractivity contribution in [1.82, 2.24) is 9.97 Å². The lowest BCUT2D eigenvalue weighted by Gasteiger charge is -2.42. The molecule has 1 aliphatic heterocycles. The fourth-order valence-electron chi connectivity index (χ4n) is 5.74. The van der Waals surface area contributed by atoms with E-state index in [1.54, 1.807) is 13.2 Å². The topological polar surface area (TPSA) is 105 Å². The van der Waals surface area contributed by atoms with E-state index in [1.165, 1.54) is 0 Å². The first-order valence-electron chi connectivity index (χ1n) is 12.9. The molecule has 1 atom stereocenters. The molecule has 3 N–H and O–H groups in total. The first kappa shape index (κ1) is 25.1. The highest BCUT2D eigenvalue weighted by Crippen LogP contribution is 2.46. The monoisotopic (exact) mass is 482 g/mol. The second kappa shape index (κ2) is 10.3. The number of methoxy groups -OCH3 is 1. The molecule has 2 aliphatic rings. The van der Waals surface area contributed by atoms with E-state index >= 15 is 0 Å². The van der Waals surface area contributed by atoms with Crippen LogP contribution in [0.3, 0.4) is 0 Å². The summed E-state index contributed by atoms with van der Waals surface area (Å²) in [6.07, 6.45) is 7.48. The average Bonchev–Trinajstić information content (AvgIpc) is 3.50. The first-order valence-corrected chi connectivity index (χ1v) is 12.9. The molecule has 4 rings (SSSR count). The molecule has 0 bridgehead atoms. The molecular formula is C28H38N2O5. The van der Waals surface area contributed by atoms with Crippen LogP contribution in [0, 0.1) is 12.8 Å². The standard InChI is InChI=1S/C28H38N2O5/c1-5-18-13-19(25(34-4)15-23(18)31)11-12-28(20-9-7-8-10-20)16-24(32)21(27(33)35-28)14-22-17(3)29-26(6-2)30-22/h13,15,20,31-32H,5-12,14,16H2,1-4H3,(H,29,30). The van der Waals surface area contributed by atoms with Crippen molar-refractivity contribution in [3.8, 4) is 11.5 Å². The molecule has 0 saturated heterocycles. The van der Waals surface area contributed by atoms with Gasteiger partial charge in [-0.25, -0.2) is 9.78 Å². The molecule has 1 aliphatic carbocycles. The fraction of sp³-hybridized carbons (Fsp3) is 0.571. The van der Waals surface area contributed by atoms with E-state index in [9.17, 15) is 15.0 Å². The third-order valence-corrected chi connectivity index (χ3v) is 7.85. The van der Waals surface area contributed by atoms with Crippen LogP contribution >= 0.6 is 0 Å². The van der Waals surface area contributed by atoms with Gasteiger partial charge in [0.1, 0.15) is 28.7 Å². The zero-order chi connectivity index (χ0) is 25.2. The zero-order valence-electron chi connectivity index (χ0n) is 21.4. The summed E-state index contributed by atoms with van der Waals surface area (Å²) in [5.74, 6) is 1.63. The molecule has 7 nitrogen and oxygen atoms in total. The summed E-state index contributed by atoms with van der Waals surface area (Å²) in [6.45, 7) is 5.96. The third kappa shape index (κ3) is 5.04. The summed E-state index contributed by atoms with van der Waals surface area (Å²) < 4.78 is 11.8. The summed E-state index contributed by atoms with van der Waals surface area (Å²) in [5.41, 5.74) is 3.09. The van der Waals surface area contributed by atoms with E-state index in [0.717, 1.165) is 60.4 Å². The van der Waals surface area contributed by atoms with Crippen LogP contribution in [0.2, 0.25) is 0 Å². The van der Waals surface area contributed by atoms with Crippen molar-refractivity contribution in [3.05, 3.63) is 51.8 Å². The van der Waals surface area contributed by atoms with Gasteiger partial charge in [-0.2, -0.15) is 0 Å². The number of aromatic nitrogens is 2. The average molecular weight is 483 g/mol. The van der Waals surface area contributed by atoms with Crippen molar-refractivity contribution in [2.24, 2.45) is 5.92 Å². The molecular weight excluding hydrogens is 444 g/mol. The van der Waals surface area contributed by atoms with Crippen molar-refractivity contribution < 1.29 is 24.5 Å². The molecule has 0 radical (unpaired) electrons. The number of phenolic OH excluding ortho intramolecular Hbond substituents is 1. The summed E-state index contributed by atoms with van der Waals surface area (Å²) >= 11 is 0. The van der Waals surface area contributed by atoms with Gasteiger partial charge in [-0.1, -0.05) is 26.7 Å². The first-order chi connectivity index (χ1) is 16.8. The molecule has 35 heavy (non-hydrogen) atoms. The number of hydrogen-bond acceptors (Lipinski definition) is 6. The summed E-state index contributed by atoms with van der Waals surface area (Å²) in [4.78, 5) is 21.1. The number of aromatic amines is 1. The van der Waals surface area contributed by atoms with Crippen LogP contribution in [-0.4, -0.2) is 38.9 Å². The number of carbonyl (C=O) groups is 1. The van der Waals surface area contributed by atoms with Crippen LogP contribution in [-0.2, 0) is 35.2 Å². The number of nitrogens with one attached hydrogen (secondary N) is 1. The van der Waals surface area contributed by atoms with Crippen LogP contribution in [0.5, 0.6) is 11.5 Å². The maximum atomic E-state index is 13.3. The van der Waals surface area contributed by atoms with Gasteiger partial charge < -0.3 is 24.7 Å². The number of aromatic hydroxyl groups is 1. The van der Waals surface area contributed by atoms with Crippen molar-refractivity contribution in [3.63, 3.8) is 0 Å². The second-order valence-corrected chi connectivity index (χ2v) is 9.97. The molecule has 0 amide bonds. The molecule has 7 heteroatoms. The van der Waals surface area contributed by atoms with E-state index < -0.39 is 11.6 Å². The highest BCUT2D eigenvalue weighted by Gasteiger charge is 2.48. The van der Waals surface area contributed by atoms with Crippen molar-refractivity contribution in [2.45, 2.75) is 90.6 Å². The van der Waals surface area contributed by atoms with Gasteiger partial charge in [0.25, 0.3) is 0 Å². The molecule has 1 unspecified atom stereocenters. The fourth-order valence-corrected chi connectivity index (χ4v) is 5.74. The third-order valence-electron chi connectivity index (χ3n) is 7.85. The Labute approximate surface area is 207 Å². The molecule has 190 valence electrons. The Kier molecular flexibility index (Phi) is 7.43. The minimum atomic E-state index is -0.744. The molecule has 0 spiro atoms. The molecule has 2 aromatic rings. The maximum absolute atomic E-state index is 13.3. The van der Waals surface area contributed by atoms with E-state index in [0.29, 0.717) is 37.0 Å². The van der Waals surface area contributed by atoms with Gasteiger partial charge in [0.05, 0.1) is 18.4 Å². The number of H-pyrrole nitrogens is 1. The minimum Gasteiger partial charge on any atom is -0.512 e. The van der Waals surface area contributed by atoms with Gasteiger partial charge in [0.2, 0.25) is 0 Å². The van der Waals surface area contributed by atoms with Crippen LogP contribution in [0.15, 0.2) is 23.5 Å². The molecule has 2 heterocycles. The summed E-state index contributed by atoms with van der Waals surface area (Å²) in [7, 11) is 1.60. The Morgan fingerprint density at radius 1 is 1.17 bits per heavy atom. The lowest BCUT2D eigenvalue weighted by atomic mass is 9.76. The Balaban J connectivity index is 1.62. The Morgan fingerprint density at radius 2 is 1.91 bits per heavy atom. The number of rotatable bonds is 9. The summed E-state index contributed by atoms with van der Waals surface area (Å²) in [6, 6.07) is 3.64. The normalized spacial score (nSPS) is 21.0. The van der Waals surface area contributed by atoms with Gasteiger partial charge in [0, 0.05) is 31.0 Å². The number of aryl methyl sites for hydroxylation is 4. The van der Waals surface area contributed by atoms with E-state index in [4.69, 9.17) is 9.47 Å². The number of carbonyl (C=O) groups excluding carboxylic acids is 1. The van der Waals surface area contributed by atoms with Gasteiger partial charge in [-0.05, 0) is 62.1 Å². The number of phenols is 1. The number of ether oxygens (including phenoxy) is 2. The second-order valence-electron chi connectivity index (χ2n) is 9.97. The number of hydrogen-bond donors (Lipinski definition) is 3. The van der Waals surface area contributed by atoms with Gasteiger partial charge in [-0.3, -0.25) is 0 Å². The SMILES string of the molecule is CCc1nc(CC2=C(O)CC(CCc3cc(CC)c(O)cc3OC)(C3CCCC3)OC2=O)c(C)[nH]1. The van der Waals surface area contributed by atoms with Crippen molar-refractivity contribution in [2.75, 3.05) is 7.11 Å². The van der Waals surface area contributed by atoms with Crippen LogP contribution in [0.25, 0.3) is 0 Å². The van der Waals surface area contributed by atoms with Gasteiger partial charge in [-0.15, -0.1) is 0 Å². The van der Waals surface area contributed by atoms with Gasteiger partial charge in [0.15, 0.2) is 0 Å². The molecule has 1 aromatic heterocycles. The quantitative estimate of drug-likeness (QED) is 0.412. The number of aliphatic hydroxyl groups excluding tert-OH is 1. The van der Waals surface area contributed by atoms with Crippen LogP contribution < -0.4 is 4.74 Å². The molecule has 1 aromatic carbocycles. The Morgan fingerprint density at radius 3 is 2.51 bits per heavy atom. The van der Waals surface area contributed by atoms with Gasteiger partial charge >= 0.3 is 5.97 Å².